The molecule has 0 fully saturated rings. The number of halogens is 2. The molecule has 2 rings (SSSR count). The lowest BCUT2D eigenvalue weighted by molar-refractivity contribution is -0.140. The van der Waals surface area contributed by atoms with Crippen LogP contribution in [0.5, 0.6) is 0 Å². The van der Waals surface area contributed by atoms with Gasteiger partial charge >= 0.3 is 0 Å². The van der Waals surface area contributed by atoms with Crippen LogP contribution in [0.15, 0.2) is 53.0 Å². The zero-order chi connectivity index (χ0) is 26.2. The van der Waals surface area contributed by atoms with Gasteiger partial charge in [0.25, 0.3) is 0 Å². The Balaban J connectivity index is 2.16. The number of amides is 2. The normalized spacial score (nSPS) is 13.1. The maximum Gasteiger partial charge on any atom is 0.242 e. The molecule has 35 heavy (non-hydrogen) atoms. The Kier molecular flexibility index (Phi) is 10.7. The van der Waals surface area contributed by atoms with Crippen LogP contribution in [0.3, 0.4) is 0 Å². The topological polar surface area (TPSA) is 86.8 Å². The molecule has 2 atom stereocenters. The molecule has 0 radical (unpaired) electrons. The van der Waals surface area contributed by atoms with Gasteiger partial charge < -0.3 is 10.2 Å². The highest BCUT2D eigenvalue weighted by Gasteiger charge is 2.27. The van der Waals surface area contributed by atoms with Crippen LogP contribution in [-0.2, 0) is 26.2 Å². The van der Waals surface area contributed by atoms with E-state index in [1.54, 1.807) is 6.92 Å². The molecule has 0 heterocycles. The summed E-state index contributed by atoms with van der Waals surface area (Å²) in [6, 6.07) is 11.9. The number of hydrogen-bond donors (Lipinski definition) is 1. The summed E-state index contributed by atoms with van der Waals surface area (Å²) >= 11 is 3.43. The second kappa shape index (κ2) is 13.0. The molecule has 0 aromatic heterocycles. The first-order chi connectivity index (χ1) is 16.4. The molecule has 7 nitrogen and oxygen atoms in total. The first-order valence-electron chi connectivity index (χ1n) is 11.5. The Bertz CT molecular complexity index is 1110. The first kappa shape index (κ1) is 28.8. The Morgan fingerprint density at radius 3 is 2.34 bits per heavy atom. The summed E-state index contributed by atoms with van der Waals surface area (Å²) in [5, 5.41) is 2.92. The second-order valence-electron chi connectivity index (χ2n) is 8.56. The van der Waals surface area contributed by atoms with Crippen molar-refractivity contribution in [1.29, 1.82) is 0 Å². The number of nitrogens with one attached hydrogen (secondary N) is 1. The fourth-order valence-corrected chi connectivity index (χ4v) is 4.90. The highest BCUT2D eigenvalue weighted by molar-refractivity contribution is 9.10. The van der Waals surface area contributed by atoms with E-state index in [9.17, 15) is 22.4 Å². The number of nitrogens with zero attached hydrogens (tertiary/aromatic N) is 2. The second-order valence-corrected chi connectivity index (χ2v) is 11.4. The van der Waals surface area contributed by atoms with E-state index >= 15 is 0 Å². The van der Waals surface area contributed by atoms with Crippen LogP contribution in [0.4, 0.5) is 10.1 Å². The van der Waals surface area contributed by atoms with E-state index in [1.807, 2.05) is 38.1 Å². The number of hydrogen-bond acceptors (Lipinski definition) is 4. The van der Waals surface area contributed by atoms with E-state index in [0.717, 1.165) is 27.0 Å². The monoisotopic (exact) mass is 569 g/mol. The molecule has 192 valence electrons. The van der Waals surface area contributed by atoms with E-state index < -0.39 is 21.9 Å². The van der Waals surface area contributed by atoms with Crippen LogP contribution in [0.25, 0.3) is 0 Å². The van der Waals surface area contributed by atoms with Gasteiger partial charge in [0.05, 0.1) is 11.9 Å². The molecule has 0 bridgehead atoms. The van der Waals surface area contributed by atoms with Gasteiger partial charge in [0.2, 0.25) is 21.8 Å². The van der Waals surface area contributed by atoms with E-state index in [1.165, 1.54) is 29.2 Å². The molecule has 0 aliphatic carbocycles. The molecule has 1 N–H and O–H groups in total. The Hall–Kier alpha value is -2.46. The predicted molar refractivity (Wildman–Crippen MR) is 140 cm³/mol. The van der Waals surface area contributed by atoms with Crippen LogP contribution in [0, 0.1) is 5.82 Å². The first-order valence-corrected chi connectivity index (χ1v) is 14.1. The average molecular weight is 571 g/mol. The summed E-state index contributed by atoms with van der Waals surface area (Å²) in [6.45, 7) is 5.85. The van der Waals surface area contributed by atoms with Gasteiger partial charge in [0.1, 0.15) is 11.9 Å². The van der Waals surface area contributed by atoms with Gasteiger partial charge in [-0.05, 0) is 68.7 Å². The van der Waals surface area contributed by atoms with Crippen LogP contribution in [0.1, 0.15) is 45.6 Å². The molecule has 0 aliphatic heterocycles. The molecule has 0 unspecified atom stereocenters. The quantitative estimate of drug-likeness (QED) is 0.408. The number of carbonyl (C=O) groups excluding carboxylic acids is 2. The zero-order valence-corrected chi connectivity index (χ0v) is 22.9. The van der Waals surface area contributed by atoms with Gasteiger partial charge in [-0.3, -0.25) is 13.9 Å². The number of anilines is 1. The maximum atomic E-state index is 13.3. The van der Waals surface area contributed by atoms with Crippen molar-refractivity contribution in [3.8, 4) is 0 Å². The number of rotatable bonds is 12. The van der Waals surface area contributed by atoms with Crippen molar-refractivity contribution in [3.63, 3.8) is 0 Å². The molecule has 0 spiro atoms. The zero-order valence-electron chi connectivity index (χ0n) is 20.5. The third-order valence-electron chi connectivity index (χ3n) is 5.68. The van der Waals surface area contributed by atoms with Gasteiger partial charge in [-0.2, -0.15) is 0 Å². The number of sulfonamides is 1. The van der Waals surface area contributed by atoms with Crippen LogP contribution >= 0.6 is 15.9 Å². The standard InChI is InChI=1S/C25H33BrFN3O4S/c1-5-18(2)28-25(32)19(3)29(17-20-8-6-9-21(26)16-20)24(31)10-7-15-30(35(4,33)34)23-13-11-22(27)12-14-23/h6,8-9,11-14,16,18-19H,5,7,10,15,17H2,1-4H3,(H,28,32)/t18-,19-/m1/s1. The van der Waals surface area contributed by atoms with Crippen molar-refractivity contribution in [2.24, 2.45) is 0 Å². The highest BCUT2D eigenvalue weighted by atomic mass is 79.9. The maximum absolute atomic E-state index is 13.3. The molecule has 0 saturated heterocycles. The lowest BCUT2D eigenvalue weighted by Crippen LogP contribution is -2.49. The van der Waals surface area contributed by atoms with Gasteiger partial charge in [-0.25, -0.2) is 12.8 Å². The highest BCUT2D eigenvalue weighted by Crippen LogP contribution is 2.20. The minimum Gasteiger partial charge on any atom is -0.352 e. The lowest BCUT2D eigenvalue weighted by atomic mass is 10.1. The molecule has 10 heteroatoms. The summed E-state index contributed by atoms with van der Waals surface area (Å²) in [5.41, 5.74) is 1.19. The largest absolute Gasteiger partial charge is 0.352 e. The lowest BCUT2D eigenvalue weighted by Gasteiger charge is -2.30. The van der Waals surface area contributed by atoms with Crippen molar-refractivity contribution >= 4 is 43.5 Å². The third-order valence-corrected chi connectivity index (χ3v) is 7.36. The van der Waals surface area contributed by atoms with Crippen LogP contribution < -0.4 is 9.62 Å². The summed E-state index contributed by atoms with van der Waals surface area (Å²) in [4.78, 5) is 27.6. The Labute approximate surface area is 215 Å². The molecule has 0 aliphatic rings. The van der Waals surface area contributed by atoms with Crippen molar-refractivity contribution in [3.05, 3.63) is 64.4 Å². The predicted octanol–water partition coefficient (Wildman–Crippen LogP) is 4.47. The van der Waals surface area contributed by atoms with Gasteiger partial charge in [-0.1, -0.05) is 35.0 Å². The molecular weight excluding hydrogens is 537 g/mol. The van der Waals surface area contributed by atoms with Gasteiger partial charge in [-0.15, -0.1) is 0 Å². The van der Waals surface area contributed by atoms with E-state index in [2.05, 4.69) is 21.2 Å². The summed E-state index contributed by atoms with van der Waals surface area (Å²) in [7, 11) is -3.63. The number of carbonyl (C=O) groups is 2. The summed E-state index contributed by atoms with van der Waals surface area (Å²) < 4.78 is 39.9. The Morgan fingerprint density at radius 2 is 1.77 bits per heavy atom. The molecule has 0 saturated carbocycles. The summed E-state index contributed by atoms with van der Waals surface area (Å²) in [5.74, 6) is -0.971. The van der Waals surface area contributed by atoms with Crippen molar-refractivity contribution < 1.29 is 22.4 Å². The van der Waals surface area contributed by atoms with Crippen LogP contribution in [-0.4, -0.2) is 50.0 Å². The molecule has 2 aromatic carbocycles. The smallest absolute Gasteiger partial charge is 0.242 e. The number of benzene rings is 2. The fraction of sp³-hybridized carbons (Fsp3) is 0.440. The Morgan fingerprint density at radius 1 is 1.11 bits per heavy atom. The van der Waals surface area contributed by atoms with Crippen LogP contribution in [0.2, 0.25) is 0 Å². The minimum absolute atomic E-state index is 0.0215. The van der Waals surface area contributed by atoms with Gasteiger partial charge in [0, 0.05) is 30.0 Å². The minimum atomic E-state index is -3.63. The van der Waals surface area contributed by atoms with Crippen molar-refractivity contribution in [1.82, 2.24) is 10.2 Å². The van der Waals surface area contributed by atoms with E-state index in [-0.39, 0.29) is 43.8 Å². The third kappa shape index (κ3) is 8.92. The van der Waals surface area contributed by atoms with Gasteiger partial charge in [0.15, 0.2) is 0 Å². The van der Waals surface area contributed by atoms with Crippen molar-refractivity contribution in [2.45, 2.75) is 58.7 Å². The molecule has 2 aromatic rings. The van der Waals surface area contributed by atoms with E-state index in [0.29, 0.717) is 5.69 Å². The van der Waals surface area contributed by atoms with E-state index in [4.69, 9.17) is 0 Å². The van der Waals surface area contributed by atoms with Crippen molar-refractivity contribution in [2.75, 3.05) is 17.1 Å². The summed E-state index contributed by atoms with van der Waals surface area (Å²) in [6.07, 6.45) is 2.11. The fourth-order valence-electron chi connectivity index (χ4n) is 3.49. The molecular formula is C25H33BrFN3O4S. The molecule has 2 amide bonds. The SMILES string of the molecule is CC[C@@H](C)NC(=O)[C@@H](C)N(Cc1cccc(Br)c1)C(=O)CCCN(c1ccc(F)cc1)S(C)(=O)=O. The average Bonchev–Trinajstić information content (AvgIpc) is 2.79.